The van der Waals surface area contributed by atoms with Gasteiger partial charge < -0.3 is 19.0 Å². The molecule has 11 heteroatoms. The highest BCUT2D eigenvalue weighted by molar-refractivity contribution is 6.08. The molecule has 1 aliphatic rings. The zero-order valence-corrected chi connectivity index (χ0v) is 23.3. The molecule has 0 spiro atoms. The Hall–Kier alpha value is -3.18. The number of carbonyl (C=O) groups is 2. The fraction of sp³-hybridized carbons (Fsp3) is 0.517. The molecule has 2 aromatic carbocycles. The number of alkyl halides is 4. The number of hydrogen-bond donors (Lipinski definition) is 1. The fourth-order valence-corrected chi connectivity index (χ4v) is 5.16. The molecule has 3 aromatic rings. The maximum absolute atomic E-state index is 14.4. The van der Waals surface area contributed by atoms with E-state index in [9.17, 15) is 27.2 Å². The van der Waals surface area contributed by atoms with Crippen molar-refractivity contribution in [1.82, 2.24) is 15.1 Å². The topological polar surface area (TPSA) is 75.0 Å². The highest BCUT2D eigenvalue weighted by Gasteiger charge is 2.44. The molecular weight excluding hydrogens is 530 g/mol. The number of esters is 1. The van der Waals surface area contributed by atoms with Crippen LogP contribution in [0.5, 0.6) is 0 Å². The number of furan rings is 1. The molecule has 0 bridgehead atoms. The molecule has 3 atom stereocenters. The first-order chi connectivity index (χ1) is 18.7. The first-order valence-electron chi connectivity index (χ1n) is 13.3. The van der Waals surface area contributed by atoms with Gasteiger partial charge in [0.15, 0.2) is 0 Å². The second-order valence-electron chi connectivity index (χ2n) is 11.1. The minimum atomic E-state index is -4.80. The van der Waals surface area contributed by atoms with Crippen molar-refractivity contribution in [3.05, 3.63) is 47.5 Å². The molecule has 4 rings (SSSR count). The number of nitrogens with one attached hydrogen (secondary N) is 1. The molecule has 0 saturated carbocycles. The molecule has 1 amide bonds. The summed E-state index contributed by atoms with van der Waals surface area (Å²) in [5.41, 5.74) is -1.02. The van der Waals surface area contributed by atoms with Crippen molar-refractivity contribution >= 4 is 33.8 Å². The average molecular weight is 566 g/mol. The second-order valence-corrected chi connectivity index (χ2v) is 11.1. The summed E-state index contributed by atoms with van der Waals surface area (Å²) < 4.78 is 67.9. The van der Waals surface area contributed by atoms with Gasteiger partial charge in [0, 0.05) is 41.9 Å². The van der Waals surface area contributed by atoms with E-state index < -0.39 is 36.3 Å². The van der Waals surface area contributed by atoms with Gasteiger partial charge in [-0.3, -0.25) is 14.9 Å². The lowest BCUT2D eigenvalue weighted by atomic mass is 9.97. The van der Waals surface area contributed by atoms with Crippen molar-refractivity contribution < 1.29 is 36.3 Å². The smallest absolute Gasteiger partial charge is 0.407 e. The number of ether oxygens (including phenoxy) is 1. The summed E-state index contributed by atoms with van der Waals surface area (Å²) in [6.07, 6.45) is -4.42. The Morgan fingerprint density at radius 2 is 1.82 bits per heavy atom. The molecule has 218 valence electrons. The van der Waals surface area contributed by atoms with Gasteiger partial charge in [0.25, 0.3) is 5.91 Å². The van der Waals surface area contributed by atoms with Crippen molar-refractivity contribution in [2.24, 2.45) is 0 Å². The summed E-state index contributed by atoms with van der Waals surface area (Å²) >= 11 is 0. The van der Waals surface area contributed by atoms with Crippen LogP contribution in [0.4, 0.5) is 17.6 Å². The highest BCUT2D eigenvalue weighted by Crippen LogP contribution is 2.38. The second kappa shape index (κ2) is 11.4. The van der Waals surface area contributed by atoms with Crippen LogP contribution in [0.25, 0.3) is 21.9 Å². The maximum atomic E-state index is 14.4. The van der Waals surface area contributed by atoms with Crippen molar-refractivity contribution in [3.63, 3.8) is 0 Å². The van der Waals surface area contributed by atoms with Crippen LogP contribution in [-0.2, 0) is 9.53 Å². The van der Waals surface area contributed by atoms with E-state index >= 15 is 0 Å². The molecule has 2 heterocycles. The minimum Gasteiger partial charge on any atom is -0.465 e. The van der Waals surface area contributed by atoms with Crippen LogP contribution in [0.15, 0.2) is 40.8 Å². The van der Waals surface area contributed by atoms with Crippen LogP contribution in [0.1, 0.15) is 55.6 Å². The van der Waals surface area contributed by atoms with E-state index in [1.165, 1.54) is 39.0 Å². The predicted molar refractivity (Wildman–Crippen MR) is 144 cm³/mol. The zero-order chi connectivity index (χ0) is 29.4. The number of amides is 1. The van der Waals surface area contributed by atoms with Crippen molar-refractivity contribution in [2.45, 2.75) is 63.6 Å². The Morgan fingerprint density at radius 3 is 2.42 bits per heavy atom. The van der Waals surface area contributed by atoms with Gasteiger partial charge in [-0.25, -0.2) is 4.39 Å². The third-order valence-electron chi connectivity index (χ3n) is 7.21. The lowest BCUT2D eigenvalue weighted by Crippen LogP contribution is -2.47. The largest absolute Gasteiger partial charge is 0.465 e. The number of benzene rings is 2. The Bertz CT molecular complexity index is 1380. The number of halogens is 4. The predicted octanol–water partition coefficient (Wildman–Crippen LogP) is 5.63. The van der Waals surface area contributed by atoms with Gasteiger partial charge in [-0.1, -0.05) is 12.1 Å². The van der Waals surface area contributed by atoms with Gasteiger partial charge in [0.2, 0.25) is 0 Å². The lowest BCUT2D eigenvalue weighted by molar-refractivity contribution is -0.165. The number of fused-ring (bicyclic) bond motifs is 3. The minimum absolute atomic E-state index is 0.0517. The van der Waals surface area contributed by atoms with E-state index in [0.717, 1.165) is 6.42 Å². The van der Waals surface area contributed by atoms with E-state index in [1.807, 2.05) is 14.1 Å². The van der Waals surface area contributed by atoms with Gasteiger partial charge in [0.05, 0.1) is 6.61 Å². The van der Waals surface area contributed by atoms with Crippen molar-refractivity contribution in [3.8, 4) is 0 Å². The highest BCUT2D eigenvalue weighted by atomic mass is 19.4. The molecule has 1 N–H and O–H groups in total. The van der Waals surface area contributed by atoms with E-state index in [2.05, 4.69) is 10.2 Å². The van der Waals surface area contributed by atoms with E-state index in [4.69, 9.17) is 9.15 Å². The third-order valence-corrected chi connectivity index (χ3v) is 7.21. The molecule has 1 aliphatic heterocycles. The summed E-state index contributed by atoms with van der Waals surface area (Å²) in [4.78, 5) is 29.4. The Kier molecular flexibility index (Phi) is 8.46. The summed E-state index contributed by atoms with van der Waals surface area (Å²) in [6, 6.07) is 5.53. The Labute approximate surface area is 230 Å². The number of likely N-dealkylation sites (N-methyl/N-ethyl adjacent to an activating group) is 1. The van der Waals surface area contributed by atoms with E-state index in [-0.39, 0.29) is 29.7 Å². The molecule has 1 saturated heterocycles. The standard InChI is InChI=1S/C29H35F4N3O4/c1-6-39-27(38)22(15-28(2,3)30)34-25(29(31,32)33)17-7-9-20-21-13-18(8-10-23(21)40-24(20)14-17)26(37)36-12-11-19(16-36)35(4)5/h7-10,13-14,19,22,25,34H,6,11-12,15-16H2,1-5H3/t19-,22?,25+/m1/s1. The van der Waals surface area contributed by atoms with Crippen molar-refractivity contribution in [2.75, 3.05) is 33.8 Å². The van der Waals surface area contributed by atoms with Gasteiger partial charge >= 0.3 is 12.1 Å². The molecule has 40 heavy (non-hydrogen) atoms. The third kappa shape index (κ3) is 6.58. The number of nitrogens with zero attached hydrogens (tertiary/aromatic N) is 2. The normalized spacial score (nSPS) is 18.1. The molecule has 7 nitrogen and oxygen atoms in total. The Balaban J connectivity index is 1.65. The van der Waals surface area contributed by atoms with Gasteiger partial charge in [-0.15, -0.1) is 0 Å². The zero-order valence-electron chi connectivity index (χ0n) is 23.3. The van der Waals surface area contributed by atoms with Crippen LogP contribution >= 0.6 is 0 Å². The quantitative estimate of drug-likeness (QED) is 0.268. The lowest BCUT2D eigenvalue weighted by Gasteiger charge is -2.29. The molecular formula is C29H35F4N3O4. The number of hydrogen-bond acceptors (Lipinski definition) is 6. The average Bonchev–Trinajstić information content (AvgIpc) is 3.49. The van der Waals surface area contributed by atoms with Gasteiger partial charge in [-0.2, -0.15) is 13.2 Å². The summed E-state index contributed by atoms with van der Waals surface area (Å²) in [7, 11) is 3.96. The fourth-order valence-electron chi connectivity index (χ4n) is 5.16. The monoisotopic (exact) mass is 565 g/mol. The van der Waals surface area contributed by atoms with Crippen molar-refractivity contribution in [1.29, 1.82) is 0 Å². The summed E-state index contributed by atoms with van der Waals surface area (Å²) in [5, 5.41) is 3.44. The maximum Gasteiger partial charge on any atom is 0.407 e. The van der Waals surface area contributed by atoms with Gasteiger partial charge in [0.1, 0.15) is 28.9 Å². The molecule has 0 radical (unpaired) electrons. The van der Waals surface area contributed by atoms with Gasteiger partial charge in [-0.05, 0) is 71.1 Å². The first kappa shape index (κ1) is 29.8. The SMILES string of the molecule is CCOC(=O)C(CC(C)(C)F)N[C@@H](c1ccc2c(c1)oc1ccc(C(=O)N3CC[C@@H](N(C)C)C3)cc12)C(F)(F)F. The van der Waals surface area contributed by atoms with Crippen LogP contribution in [0.2, 0.25) is 0 Å². The number of rotatable bonds is 9. The van der Waals surface area contributed by atoms with Crippen LogP contribution < -0.4 is 5.32 Å². The number of carbonyl (C=O) groups excluding carboxylic acids is 2. The summed E-state index contributed by atoms with van der Waals surface area (Å²) in [5.74, 6) is -1.07. The Morgan fingerprint density at radius 1 is 1.10 bits per heavy atom. The molecule has 1 unspecified atom stereocenters. The molecule has 1 aromatic heterocycles. The number of likely N-dealkylation sites (tertiary alicyclic amines) is 1. The van der Waals surface area contributed by atoms with Crippen LogP contribution in [0.3, 0.4) is 0 Å². The molecule has 0 aliphatic carbocycles. The first-order valence-corrected chi connectivity index (χ1v) is 13.3. The van der Waals surface area contributed by atoms with E-state index in [1.54, 1.807) is 23.1 Å². The molecule has 1 fully saturated rings. The van der Waals surface area contributed by atoms with E-state index in [0.29, 0.717) is 35.0 Å². The van der Waals surface area contributed by atoms with Crippen LogP contribution in [0, 0.1) is 0 Å². The van der Waals surface area contributed by atoms with Crippen LogP contribution in [-0.4, -0.2) is 79.4 Å². The summed E-state index contributed by atoms with van der Waals surface area (Å²) in [6.45, 7) is 5.12.